The Morgan fingerprint density at radius 3 is 2.37 bits per heavy atom. The van der Waals surface area contributed by atoms with Crippen LogP contribution in [0.15, 0.2) is 0 Å². The molecule has 0 bridgehead atoms. The zero-order valence-corrected chi connectivity index (χ0v) is 11.8. The minimum absolute atomic E-state index is 0.0776. The summed E-state index contributed by atoms with van der Waals surface area (Å²) in [7, 11) is 0. The molecule has 1 aliphatic heterocycles. The van der Waals surface area contributed by atoms with Gasteiger partial charge in [-0.3, -0.25) is 4.79 Å². The molecular formula is C14H24N2O3. The van der Waals surface area contributed by atoms with Gasteiger partial charge in [0, 0.05) is 18.6 Å². The van der Waals surface area contributed by atoms with E-state index in [4.69, 9.17) is 5.11 Å². The smallest absolute Gasteiger partial charge is 0.323 e. The molecule has 2 rings (SSSR count). The van der Waals surface area contributed by atoms with Crippen LogP contribution in [-0.2, 0) is 4.79 Å². The summed E-state index contributed by atoms with van der Waals surface area (Å²) in [5.74, 6) is -0.408. The molecule has 1 N–H and O–H groups in total. The summed E-state index contributed by atoms with van der Waals surface area (Å²) in [6, 6.07) is 0.262. The van der Waals surface area contributed by atoms with E-state index < -0.39 is 5.97 Å². The van der Waals surface area contributed by atoms with E-state index in [0.717, 1.165) is 38.6 Å². The van der Waals surface area contributed by atoms with Crippen molar-refractivity contribution in [3.63, 3.8) is 0 Å². The van der Waals surface area contributed by atoms with Crippen LogP contribution in [0, 0.1) is 5.92 Å². The van der Waals surface area contributed by atoms with Gasteiger partial charge < -0.3 is 14.9 Å². The Hall–Kier alpha value is -1.26. The second-order valence-corrected chi connectivity index (χ2v) is 6.08. The number of likely N-dealkylation sites (tertiary alicyclic amines) is 1. The zero-order chi connectivity index (χ0) is 14.0. The van der Waals surface area contributed by atoms with Crippen LogP contribution < -0.4 is 0 Å². The topological polar surface area (TPSA) is 60.9 Å². The van der Waals surface area contributed by atoms with E-state index in [9.17, 15) is 9.59 Å². The molecule has 5 heteroatoms. The third-order valence-corrected chi connectivity index (χ3v) is 4.35. The maximum absolute atomic E-state index is 12.6. The Balaban J connectivity index is 2.08. The number of amides is 2. The second kappa shape index (κ2) is 5.80. The van der Waals surface area contributed by atoms with Crippen LogP contribution >= 0.6 is 0 Å². The SMILES string of the molecule is CC1CC(C)N(C(=O)N(CC(=O)O)C2CCCC2)C1. The van der Waals surface area contributed by atoms with Crippen molar-refractivity contribution in [3.8, 4) is 0 Å². The molecule has 2 amide bonds. The summed E-state index contributed by atoms with van der Waals surface area (Å²) in [5.41, 5.74) is 0. The maximum Gasteiger partial charge on any atom is 0.323 e. The fraction of sp³-hybridized carbons (Fsp3) is 0.857. The number of rotatable bonds is 3. The summed E-state index contributed by atoms with van der Waals surface area (Å²) < 4.78 is 0. The molecule has 1 saturated heterocycles. The van der Waals surface area contributed by atoms with Crippen molar-refractivity contribution < 1.29 is 14.7 Å². The number of hydrogen-bond donors (Lipinski definition) is 1. The summed E-state index contributed by atoms with van der Waals surface area (Å²) in [5, 5.41) is 9.04. The molecule has 2 fully saturated rings. The maximum atomic E-state index is 12.6. The number of carboxylic acids is 1. The van der Waals surface area contributed by atoms with Crippen LogP contribution in [0.25, 0.3) is 0 Å². The summed E-state index contributed by atoms with van der Waals surface area (Å²) in [6.45, 7) is 4.78. The van der Waals surface area contributed by atoms with Crippen LogP contribution in [0.3, 0.4) is 0 Å². The highest BCUT2D eigenvalue weighted by molar-refractivity contribution is 5.81. The molecule has 2 atom stereocenters. The molecule has 19 heavy (non-hydrogen) atoms. The first-order valence-corrected chi connectivity index (χ1v) is 7.28. The van der Waals surface area contributed by atoms with Crippen molar-refractivity contribution >= 4 is 12.0 Å². The number of hydrogen-bond acceptors (Lipinski definition) is 2. The third-order valence-electron chi connectivity index (χ3n) is 4.35. The Kier molecular flexibility index (Phi) is 4.32. The molecule has 0 radical (unpaired) electrons. The largest absolute Gasteiger partial charge is 0.480 e. The number of aliphatic carboxylic acids is 1. The van der Waals surface area contributed by atoms with Crippen LogP contribution in [0.1, 0.15) is 46.0 Å². The zero-order valence-electron chi connectivity index (χ0n) is 11.8. The lowest BCUT2D eigenvalue weighted by molar-refractivity contribution is -0.138. The second-order valence-electron chi connectivity index (χ2n) is 6.08. The summed E-state index contributed by atoms with van der Waals surface area (Å²) in [4.78, 5) is 27.1. The van der Waals surface area contributed by atoms with E-state index in [-0.39, 0.29) is 24.7 Å². The molecule has 2 aliphatic rings. The van der Waals surface area contributed by atoms with Crippen LogP contribution in [-0.4, -0.2) is 52.1 Å². The van der Waals surface area contributed by atoms with Gasteiger partial charge in [0.1, 0.15) is 6.54 Å². The fourth-order valence-corrected chi connectivity index (χ4v) is 3.45. The average molecular weight is 268 g/mol. The molecule has 1 saturated carbocycles. The normalized spacial score (nSPS) is 27.8. The Morgan fingerprint density at radius 1 is 1.26 bits per heavy atom. The molecule has 0 aromatic carbocycles. The number of carbonyl (C=O) groups is 2. The van der Waals surface area contributed by atoms with E-state index in [1.165, 1.54) is 0 Å². The molecule has 0 aromatic heterocycles. The first kappa shape index (κ1) is 14.2. The fourth-order valence-electron chi connectivity index (χ4n) is 3.45. The highest BCUT2D eigenvalue weighted by Gasteiger charge is 2.36. The van der Waals surface area contributed by atoms with Gasteiger partial charge in [0.15, 0.2) is 0 Å². The van der Waals surface area contributed by atoms with E-state index in [0.29, 0.717) is 5.92 Å². The molecule has 0 spiro atoms. The van der Waals surface area contributed by atoms with E-state index in [1.807, 2.05) is 4.90 Å². The Bertz CT molecular complexity index is 353. The van der Waals surface area contributed by atoms with Crippen LogP contribution in [0.4, 0.5) is 4.79 Å². The molecule has 1 heterocycles. The number of nitrogens with zero attached hydrogens (tertiary/aromatic N) is 2. The van der Waals surface area contributed by atoms with E-state index in [1.54, 1.807) is 4.90 Å². The molecule has 1 aliphatic carbocycles. The molecule has 5 nitrogen and oxygen atoms in total. The predicted octanol–water partition coefficient (Wildman–Crippen LogP) is 2.17. The van der Waals surface area contributed by atoms with Crippen molar-refractivity contribution in [3.05, 3.63) is 0 Å². The van der Waals surface area contributed by atoms with Gasteiger partial charge in [0.05, 0.1) is 0 Å². The van der Waals surface area contributed by atoms with Crippen molar-refractivity contribution in [2.45, 2.75) is 58.0 Å². The van der Waals surface area contributed by atoms with Gasteiger partial charge in [0.25, 0.3) is 0 Å². The molecular weight excluding hydrogens is 244 g/mol. The van der Waals surface area contributed by atoms with Crippen molar-refractivity contribution in [1.82, 2.24) is 9.80 Å². The van der Waals surface area contributed by atoms with Crippen LogP contribution in [0.5, 0.6) is 0 Å². The van der Waals surface area contributed by atoms with Gasteiger partial charge in [-0.2, -0.15) is 0 Å². The van der Waals surface area contributed by atoms with Gasteiger partial charge >= 0.3 is 12.0 Å². The minimum atomic E-state index is -0.917. The highest BCUT2D eigenvalue weighted by Crippen LogP contribution is 2.28. The summed E-state index contributed by atoms with van der Waals surface area (Å²) >= 11 is 0. The first-order valence-electron chi connectivity index (χ1n) is 7.28. The molecule has 108 valence electrons. The highest BCUT2D eigenvalue weighted by atomic mass is 16.4. The minimum Gasteiger partial charge on any atom is -0.480 e. The van der Waals surface area contributed by atoms with Crippen LogP contribution in [0.2, 0.25) is 0 Å². The van der Waals surface area contributed by atoms with Gasteiger partial charge in [-0.15, -0.1) is 0 Å². The van der Waals surface area contributed by atoms with Crippen molar-refractivity contribution in [2.75, 3.05) is 13.1 Å². The monoisotopic (exact) mass is 268 g/mol. The Morgan fingerprint density at radius 2 is 1.89 bits per heavy atom. The summed E-state index contributed by atoms with van der Waals surface area (Å²) in [6.07, 6.45) is 5.09. The van der Waals surface area contributed by atoms with E-state index >= 15 is 0 Å². The molecule has 2 unspecified atom stereocenters. The van der Waals surface area contributed by atoms with Gasteiger partial charge in [-0.1, -0.05) is 19.8 Å². The molecule has 0 aromatic rings. The lowest BCUT2D eigenvalue weighted by atomic mass is 10.1. The third kappa shape index (κ3) is 3.19. The van der Waals surface area contributed by atoms with Crippen molar-refractivity contribution in [2.24, 2.45) is 5.92 Å². The lowest BCUT2D eigenvalue weighted by Gasteiger charge is -2.33. The quantitative estimate of drug-likeness (QED) is 0.853. The standard InChI is InChI=1S/C14H24N2O3/c1-10-7-11(2)15(8-10)14(19)16(9-13(17)18)12-5-3-4-6-12/h10-12H,3-9H2,1-2H3,(H,17,18). The van der Waals surface area contributed by atoms with Gasteiger partial charge in [-0.05, 0) is 32.1 Å². The number of carboxylic acid groups (broad SMARTS) is 1. The first-order chi connectivity index (χ1) is 8.99. The average Bonchev–Trinajstić information content (AvgIpc) is 2.94. The van der Waals surface area contributed by atoms with Gasteiger partial charge in [-0.25, -0.2) is 4.79 Å². The van der Waals surface area contributed by atoms with Crippen molar-refractivity contribution in [1.29, 1.82) is 0 Å². The number of carbonyl (C=O) groups excluding carboxylic acids is 1. The van der Waals surface area contributed by atoms with Gasteiger partial charge in [0.2, 0.25) is 0 Å². The lowest BCUT2D eigenvalue weighted by Crippen LogP contribution is -2.50. The Labute approximate surface area is 114 Å². The predicted molar refractivity (Wildman–Crippen MR) is 71.9 cm³/mol. The van der Waals surface area contributed by atoms with E-state index in [2.05, 4.69) is 13.8 Å². The number of urea groups is 1.